The summed E-state index contributed by atoms with van der Waals surface area (Å²) in [6, 6.07) is 32.1. The molecular formula is C40H52N4. The smallest absolute Gasteiger partial charge is 0.0776 e. The molecule has 5 rings (SSSR count). The molecule has 0 radical (unpaired) electrons. The zero-order chi connectivity index (χ0) is 31.5. The monoisotopic (exact) mass is 588 g/mol. The maximum Gasteiger partial charge on any atom is 0.0776 e. The van der Waals surface area contributed by atoms with Crippen LogP contribution in [0.5, 0.6) is 0 Å². The molecule has 4 heteroatoms. The molecule has 0 saturated heterocycles. The van der Waals surface area contributed by atoms with Crippen molar-refractivity contribution in [1.29, 1.82) is 0 Å². The van der Waals surface area contributed by atoms with Crippen LogP contribution in [-0.4, -0.2) is 45.9 Å². The Morgan fingerprint density at radius 3 is 1.20 bits per heavy atom. The van der Waals surface area contributed by atoms with Crippen LogP contribution in [0.25, 0.3) is 0 Å². The standard InChI is InChI=1S/C40H52N4/c1-39(2,3)31-23-19-29(20-24-31)37(33-15-11-13-27-41-33)43(7)35-17-9-10-18-36(35)44(8)38(34-16-12-14-28-42-34)30-21-25-32(26-22-30)40(4,5)6/h11-16,19-28,35-38H,9-10,17-18H2,1-8H3/t35-,36-,37?,38?/m1/s1. The number of hydrogen-bond acceptors (Lipinski definition) is 4. The SMILES string of the molecule is CN(C(c1ccc(C(C)(C)C)cc1)c1ccccn1)[C@@H]1CCCC[C@H]1N(C)C(c1ccc(C(C)(C)C)cc1)c1ccccn1. The van der Waals surface area contributed by atoms with Gasteiger partial charge in [-0.05, 0) is 84.3 Å². The van der Waals surface area contributed by atoms with Crippen molar-refractivity contribution in [3.05, 3.63) is 131 Å². The average molecular weight is 589 g/mol. The lowest BCUT2D eigenvalue weighted by Gasteiger charge is -2.47. The quantitative estimate of drug-likeness (QED) is 0.205. The molecule has 1 saturated carbocycles. The Labute approximate surface area is 266 Å². The van der Waals surface area contributed by atoms with Gasteiger partial charge in [0, 0.05) is 24.5 Å². The van der Waals surface area contributed by atoms with E-state index in [2.05, 4.69) is 138 Å². The number of hydrogen-bond donors (Lipinski definition) is 0. The van der Waals surface area contributed by atoms with Crippen LogP contribution in [0.1, 0.15) is 113 Å². The van der Waals surface area contributed by atoms with Crippen LogP contribution < -0.4 is 0 Å². The first-order valence-corrected chi connectivity index (χ1v) is 16.4. The molecule has 4 nitrogen and oxygen atoms in total. The van der Waals surface area contributed by atoms with E-state index in [1.807, 2.05) is 24.5 Å². The van der Waals surface area contributed by atoms with Gasteiger partial charge >= 0.3 is 0 Å². The summed E-state index contributed by atoms with van der Waals surface area (Å²) in [5.74, 6) is 0. The molecule has 2 unspecified atom stereocenters. The Morgan fingerprint density at radius 1 is 0.545 bits per heavy atom. The predicted molar refractivity (Wildman–Crippen MR) is 184 cm³/mol. The summed E-state index contributed by atoms with van der Waals surface area (Å²) in [6.07, 6.45) is 8.67. The molecule has 2 heterocycles. The first kappa shape index (κ1) is 32.1. The van der Waals surface area contributed by atoms with Gasteiger partial charge in [0.1, 0.15) is 0 Å². The van der Waals surface area contributed by atoms with Gasteiger partial charge in [-0.25, -0.2) is 0 Å². The van der Waals surface area contributed by atoms with E-state index in [0.717, 1.165) is 24.2 Å². The van der Waals surface area contributed by atoms with Crippen molar-refractivity contribution in [2.45, 2.75) is 102 Å². The van der Waals surface area contributed by atoms with Crippen molar-refractivity contribution < 1.29 is 0 Å². The van der Waals surface area contributed by atoms with E-state index in [4.69, 9.17) is 9.97 Å². The van der Waals surface area contributed by atoms with Crippen molar-refractivity contribution in [3.8, 4) is 0 Å². The summed E-state index contributed by atoms with van der Waals surface area (Å²) in [6.45, 7) is 13.7. The van der Waals surface area contributed by atoms with E-state index in [9.17, 15) is 0 Å². The first-order valence-electron chi connectivity index (χ1n) is 16.4. The number of benzene rings is 2. The highest BCUT2D eigenvalue weighted by atomic mass is 15.3. The molecule has 4 aromatic rings. The van der Waals surface area contributed by atoms with Gasteiger partial charge in [-0.3, -0.25) is 19.8 Å². The lowest BCUT2D eigenvalue weighted by Crippen LogP contribution is -2.53. The summed E-state index contributed by atoms with van der Waals surface area (Å²) < 4.78 is 0. The minimum Gasteiger partial charge on any atom is -0.290 e. The topological polar surface area (TPSA) is 32.3 Å². The Balaban J connectivity index is 1.52. The molecule has 0 spiro atoms. The van der Waals surface area contributed by atoms with Gasteiger partial charge in [-0.15, -0.1) is 0 Å². The van der Waals surface area contributed by atoms with E-state index in [0.29, 0.717) is 12.1 Å². The molecule has 4 atom stereocenters. The zero-order valence-electron chi connectivity index (χ0n) is 28.2. The van der Waals surface area contributed by atoms with E-state index in [-0.39, 0.29) is 22.9 Å². The fourth-order valence-corrected chi connectivity index (χ4v) is 7.06. The molecule has 1 aliphatic carbocycles. The minimum absolute atomic E-state index is 0.0728. The van der Waals surface area contributed by atoms with Gasteiger partial charge < -0.3 is 0 Å². The van der Waals surface area contributed by atoms with E-state index in [1.54, 1.807) is 0 Å². The first-order chi connectivity index (χ1) is 20.9. The van der Waals surface area contributed by atoms with E-state index < -0.39 is 0 Å². The third kappa shape index (κ3) is 7.14. The highest BCUT2D eigenvalue weighted by molar-refractivity contribution is 5.35. The van der Waals surface area contributed by atoms with Crippen LogP contribution in [0.15, 0.2) is 97.3 Å². The molecule has 0 N–H and O–H groups in total. The third-order valence-electron chi connectivity index (χ3n) is 9.68. The van der Waals surface area contributed by atoms with Gasteiger partial charge in [0.25, 0.3) is 0 Å². The molecule has 2 aromatic carbocycles. The Bertz CT molecular complexity index is 1340. The Kier molecular flexibility index (Phi) is 9.72. The predicted octanol–water partition coefficient (Wildman–Crippen LogP) is 9.13. The zero-order valence-corrected chi connectivity index (χ0v) is 28.2. The van der Waals surface area contributed by atoms with Crippen LogP contribution in [-0.2, 0) is 10.8 Å². The summed E-state index contributed by atoms with van der Waals surface area (Å²) in [5.41, 5.74) is 7.75. The largest absolute Gasteiger partial charge is 0.290 e. The second kappa shape index (κ2) is 13.3. The van der Waals surface area contributed by atoms with Crippen LogP contribution in [0.3, 0.4) is 0 Å². The van der Waals surface area contributed by atoms with Crippen LogP contribution in [0.4, 0.5) is 0 Å². The third-order valence-corrected chi connectivity index (χ3v) is 9.68. The van der Waals surface area contributed by atoms with Crippen molar-refractivity contribution in [3.63, 3.8) is 0 Å². The second-order valence-corrected chi connectivity index (χ2v) is 14.8. The van der Waals surface area contributed by atoms with Gasteiger partial charge in [-0.2, -0.15) is 0 Å². The molecule has 232 valence electrons. The van der Waals surface area contributed by atoms with Crippen molar-refractivity contribution in [2.24, 2.45) is 0 Å². The summed E-state index contributed by atoms with van der Waals surface area (Å²) in [4.78, 5) is 15.0. The van der Waals surface area contributed by atoms with Crippen molar-refractivity contribution >= 4 is 0 Å². The maximum absolute atomic E-state index is 4.91. The minimum atomic E-state index is 0.0728. The number of pyridine rings is 2. The molecule has 0 amide bonds. The molecule has 2 aromatic heterocycles. The average Bonchev–Trinajstić information content (AvgIpc) is 3.02. The van der Waals surface area contributed by atoms with Gasteiger partial charge in [0.15, 0.2) is 0 Å². The highest BCUT2D eigenvalue weighted by Gasteiger charge is 2.38. The lowest BCUT2D eigenvalue weighted by atomic mass is 9.83. The molecule has 1 fully saturated rings. The van der Waals surface area contributed by atoms with Crippen LogP contribution in [0, 0.1) is 0 Å². The molecule has 44 heavy (non-hydrogen) atoms. The van der Waals surface area contributed by atoms with Crippen LogP contribution in [0.2, 0.25) is 0 Å². The number of nitrogens with zero attached hydrogens (tertiary/aromatic N) is 4. The summed E-state index contributed by atoms with van der Waals surface area (Å²) in [7, 11) is 4.64. The number of rotatable bonds is 8. The fourth-order valence-electron chi connectivity index (χ4n) is 7.06. The lowest BCUT2D eigenvalue weighted by molar-refractivity contribution is 0.0449. The van der Waals surface area contributed by atoms with Crippen LogP contribution >= 0.6 is 0 Å². The maximum atomic E-state index is 4.91. The molecule has 0 aliphatic heterocycles. The second-order valence-electron chi connectivity index (χ2n) is 14.8. The summed E-state index contributed by atoms with van der Waals surface area (Å²) in [5, 5.41) is 0. The number of aromatic nitrogens is 2. The number of likely N-dealkylation sites (N-methyl/N-ethyl adjacent to an activating group) is 2. The van der Waals surface area contributed by atoms with Crippen molar-refractivity contribution in [1.82, 2.24) is 19.8 Å². The molecule has 0 bridgehead atoms. The fraction of sp³-hybridized carbons (Fsp3) is 0.450. The van der Waals surface area contributed by atoms with Gasteiger partial charge in [0.05, 0.1) is 23.5 Å². The molecular weight excluding hydrogens is 536 g/mol. The summed E-state index contributed by atoms with van der Waals surface area (Å²) >= 11 is 0. The highest BCUT2D eigenvalue weighted by Crippen LogP contribution is 2.39. The van der Waals surface area contributed by atoms with E-state index in [1.165, 1.54) is 35.1 Å². The molecule has 1 aliphatic rings. The van der Waals surface area contributed by atoms with E-state index >= 15 is 0 Å². The van der Waals surface area contributed by atoms with Gasteiger partial charge in [-0.1, -0.05) is 115 Å². The Hall–Kier alpha value is -3.34. The van der Waals surface area contributed by atoms with Crippen molar-refractivity contribution in [2.75, 3.05) is 14.1 Å². The Morgan fingerprint density at radius 2 is 0.909 bits per heavy atom. The normalized spacial score (nSPS) is 19.2. The van der Waals surface area contributed by atoms with Gasteiger partial charge in [0.2, 0.25) is 0 Å².